The molecule has 27 heavy (non-hydrogen) atoms. The number of benzene rings is 3. The van der Waals surface area contributed by atoms with Crippen LogP contribution in [0.3, 0.4) is 0 Å². The molecule has 0 amide bonds. The van der Waals surface area contributed by atoms with Crippen molar-refractivity contribution < 1.29 is 4.52 Å². The van der Waals surface area contributed by atoms with Crippen molar-refractivity contribution in [3.63, 3.8) is 0 Å². The Kier molecular flexibility index (Phi) is 3.76. The van der Waals surface area contributed by atoms with Crippen LogP contribution in [0.2, 0.25) is 0 Å². The summed E-state index contributed by atoms with van der Waals surface area (Å²) in [6.45, 7) is 0. The molecule has 0 atom stereocenters. The van der Waals surface area contributed by atoms with Crippen molar-refractivity contribution in [1.29, 1.82) is 0 Å². The molecule has 0 aliphatic carbocycles. The first-order valence-electron chi connectivity index (χ1n) is 8.86. The highest BCUT2D eigenvalue weighted by Gasteiger charge is 2.14. The van der Waals surface area contributed by atoms with Crippen molar-refractivity contribution in [1.82, 2.24) is 10.1 Å². The van der Waals surface area contributed by atoms with Gasteiger partial charge in [-0.3, -0.25) is 0 Å². The average molecular weight is 348 g/mol. The van der Waals surface area contributed by atoms with Gasteiger partial charge in [-0.25, -0.2) is 4.98 Å². The maximum atomic E-state index is 5.71. The average Bonchev–Trinajstić information content (AvgIpc) is 3.19. The second-order valence-electron chi connectivity index (χ2n) is 6.39. The van der Waals surface area contributed by atoms with E-state index in [2.05, 4.69) is 41.6 Å². The predicted molar refractivity (Wildman–Crippen MR) is 108 cm³/mol. The highest BCUT2D eigenvalue weighted by molar-refractivity contribution is 5.92. The minimum atomic E-state index is 0.766. The summed E-state index contributed by atoms with van der Waals surface area (Å²) in [5, 5.41) is 5.21. The van der Waals surface area contributed by atoms with E-state index >= 15 is 0 Å². The van der Waals surface area contributed by atoms with Gasteiger partial charge in [0, 0.05) is 22.1 Å². The molecule has 0 saturated carbocycles. The molecule has 0 spiro atoms. The summed E-state index contributed by atoms with van der Waals surface area (Å²) in [4.78, 5) is 4.90. The summed E-state index contributed by atoms with van der Waals surface area (Å²) >= 11 is 0. The van der Waals surface area contributed by atoms with Gasteiger partial charge >= 0.3 is 0 Å². The molecule has 0 radical (unpaired) electrons. The van der Waals surface area contributed by atoms with Crippen LogP contribution in [0.5, 0.6) is 0 Å². The molecule has 0 saturated heterocycles. The largest absolute Gasteiger partial charge is 0.355 e. The molecule has 2 heterocycles. The summed E-state index contributed by atoms with van der Waals surface area (Å²) in [5.74, 6) is 0.766. The zero-order valence-corrected chi connectivity index (χ0v) is 14.5. The van der Waals surface area contributed by atoms with Gasteiger partial charge in [-0.1, -0.05) is 78.0 Å². The lowest BCUT2D eigenvalue weighted by Gasteiger charge is -2.08. The molecule has 0 fully saturated rings. The second kappa shape index (κ2) is 6.54. The summed E-state index contributed by atoms with van der Waals surface area (Å²) in [6, 6.07) is 32.5. The molecule has 3 aromatic carbocycles. The molecule has 5 rings (SSSR count). The van der Waals surface area contributed by atoms with Crippen LogP contribution in [-0.2, 0) is 0 Å². The number of nitrogens with zero attached hydrogens (tertiary/aromatic N) is 2. The van der Waals surface area contributed by atoms with Crippen molar-refractivity contribution in [2.24, 2.45) is 0 Å². The SMILES string of the molecule is c1ccc(-c2cc(-c3onc4ccccc34)cc(-c3ccccc3)n2)cc1. The second-order valence-corrected chi connectivity index (χ2v) is 6.39. The molecule has 0 bridgehead atoms. The van der Waals surface area contributed by atoms with E-state index < -0.39 is 0 Å². The highest BCUT2D eigenvalue weighted by atomic mass is 16.5. The topological polar surface area (TPSA) is 38.9 Å². The minimum Gasteiger partial charge on any atom is -0.355 e. The van der Waals surface area contributed by atoms with Gasteiger partial charge in [-0.05, 0) is 24.3 Å². The zero-order valence-electron chi connectivity index (χ0n) is 14.5. The number of fused-ring (bicyclic) bond motifs is 1. The van der Waals surface area contributed by atoms with Gasteiger partial charge in [-0.2, -0.15) is 0 Å². The number of aromatic nitrogens is 2. The molecular weight excluding hydrogens is 332 g/mol. The van der Waals surface area contributed by atoms with Crippen LogP contribution in [0.25, 0.3) is 44.7 Å². The summed E-state index contributed by atoms with van der Waals surface area (Å²) in [6.07, 6.45) is 0. The Hall–Kier alpha value is -3.72. The number of pyridine rings is 1. The van der Waals surface area contributed by atoms with Crippen molar-refractivity contribution in [2.75, 3.05) is 0 Å². The maximum absolute atomic E-state index is 5.71. The fourth-order valence-electron chi connectivity index (χ4n) is 3.27. The van der Waals surface area contributed by atoms with Gasteiger partial charge in [0.2, 0.25) is 0 Å². The van der Waals surface area contributed by atoms with E-state index in [0.717, 1.165) is 44.7 Å². The Bertz CT molecular complexity index is 1150. The molecule has 2 aromatic heterocycles. The first kappa shape index (κ1) is 15.5. The summed E-state index contributed by atoms with van der Waals surface area (Å²) in [5.41, 5.74) is 5.78. The minimum absolute atomic E-state index is 0.766. The lowest BCUT2D eigenvalue weighted by atomic mass is 10.0. The highest BCUT2D eigenvalue weighted by Crippen LogP contribution is 2.33. The van der Waals surface area contributed by atoms with Crippen LogP contribution >= 0.6 is 0 Å². The van der Waals surface area contributed by atoms with Crippen LogP contribution in [0.4, 0.5) is 0 Å². The smallest absolute Gasteiger partial charge is 0.174 e. The normalized spacial score (nSPS) is 11.0. The van der Waals surface area contributed by atoms with Crippen molar-refractivity contribution >= 4 is 10.9 Å². The van der Waals surface area contributed by atoms with Crippen molar-refractivity contribution in [3.8, 4) is 33.8 Å². The molecule has 0 aliphatic rings. The van der Waals surface area contributed by atoms with Crippen molar-refractivity contribution in [2.45, 2.75) is 0 Å². The molecule has 3 nitrogen and oxygen atoms in total. The van der Waals surface area contributed by atoms with Gasteiger partial charge in [0.25, 0.3) is 0 Å². The summed E-state index contributed by atoms with van der Waals surface area (Å²) in [7, 11) is 0. The van der Waals surface area contributed by atoms with E-state index in [4.69, 9.17) is 9.51 Å². The number of hydrogen-bond donors (Lipinski definition) is 0. The van der Waals surface area contributed by atoms with Crippen LogP contribution in [0, 0.1) is 0 Å². The lowest BCUT2D eigenvalue weighted by Crippen LogP contribution is -1.90. The van der Waals surface area contributed by atoms with E-state index in [1.807, 2.05) is 60.7 Å². The molecule has 128 valence electrons. The van der Waals surface area contributed by atoms with Crippen LogP contribution in [0.1, 0.15) is 0 Å². The van der Waals surface area contributed by atoms with Crippen LogP contribution in [-0.4, -0.2) is 10.1 Å². The summed E-state index contributed by atoms with van der Waals surface area (Å²) < 4.78 is 5.71. The fourth-order valence-corrected chi connectivity index (χ4v) is 3.27. The van der Waals surface area contributed by atoms with Crippen molar-refractivity contribution in [3.05, 3.63) is 97.1 Å². The first-order chi connectivity index (χ1) is 13.4. The van der Waals surface area contributed by atoms with Crippen LogP contribution in [0.15, 0.2) is 102 Å². The zero-order chi connectivity index (χ0) is 18.1. The van der Waals surface area contributed by atoms with Gasteiger partial charge in [0.1, 0.15) is 5.52 Å². The third-order valence-corrected chi connectivity index (χ3v) is 4.61. The Balaban J connectivity index is 1.76. The predicted octanol–water partition coefficient (Wildman–Crippen LogP) is 6.22. The third kappa shape index (κ3) is 2.89. The quantitative estimate of drug-likeness (QED) is 0.388. The van der Waals surface area contributed by atoms with E-state index in [9.17, 15) is 0 Å². The van der Waals surface area contributed by atoms with E-state index in [0.29, 0.717) is 0 Å². The number of hydrogen-bond acceptors (Lipinski definition) is 3. The molecular formula is C24H16N2O. The lowest BCUT2D eigenvalue weighted by molar-refractivity contribution is 0.441. The Labute approximate surface area is 156 Å². The molecule has 0 unspecified atom stereocenters. The van der Waals surface area contributed by atoms with E-state index in [-0.39, 0.29) is 0 Å². The van der Waals surface area contributed by atoms with Gasteiger partial charge in [0.15, 0.2) is 5.76 Å². The Morgan fingerprint density at radius 1 is 0.556 bits per heavy atom. The first-order valence-corrected chi connectivity index (χ1v) is 8.86. The molecule has 5 aromatic rings. The molecule has 0 aliphatic heterocycles. The number of rotatable bonds is 3. The van der Waals surface area contributed by atoms with Crippen LogP contribution < -0.4 is 0 Å². The Morgan fingerprint density at radius 3 is 1.74 bits per heavy atom. The standard InChI is InChI=1S/C24H16N2O/c1-3-9-17(10-4-1)22-15-19(16-23(25-22)18-11-5-2-6-12-18)24-20-13-7-8-14-21(20)26-27-24/h1-16H. The Morgan fingerprint density at radius 2 is 1.11 bits per heavy atom. The molecule has 0 N–H and O–H groups in total. The van der Waals surface area contributed by atoms with Gasteiger partial charge in [0.05, 0.1) is 11.4 Å². The fraction of sp³-hybridized carbons (Fsp3) is 0. The molecule has 3 heteroatoms. The maximum Gasteiger partial charge on any atom is 0.174 e. The van der Waals surface area contributed by atoms with Gasteiger partial charge in [-0.15, -0.1) is 0 Å². The monoisotopic (exact) mass is 348 g/mol. The van der Waals surface area contributed by atoms with E-state index in [1.165, 1.54) is 0 Å². The van der Waals surface area contributed by atoms with E-state index in [1.54, 1.807) is 0 Å². The van der Waals surface area contributed by atoms with Gasteiger partial charge < -0.3 is 4.52 Å². The third-order valence-electron chi connectivity index (χ3n) is 4.61.